The average Bonchev–Trinajstić information content (AvgIpc) is 3.33. The van der Waals surface area contributed by atoms with E-state index in [0.717, 1.165) is 36.6 Å². The van der Waals surface area contributed by atoms with Gasteiger partial charge in [-0.3, -0.25) is 9.78 Å². The number of anilines is 1. The van der Waals surface area contributed by atoms with Crippen LogP contribution in [0.5, 0.6) is 0 Å². The summed E-state index contributed by atoms with van der Waals surface area (Å²) in [6.07, 6.45) is 6.12. The molecule has 2 heterocycles. The van der Waals surface area contributed by atoms with Crippen molar-refractivity contribution in [2.24, 2.45) is 23.7 Å². The summed E-state index contributed by atoms with van der Waals surface area (Å²) in [5, 5.41) is 11.8. The van der Waals surface area contributed by atoms with Gasteiger partial charge in [0.2, 0.25) is 5.91 Å². The quantitative estimate of drug-likeness (QED) is 0.574. The van der Waals surface area contributed by atoms with Gasteiger partial charge in [-0.05, 0) is 91.3 Å². The minimum atomic E-state index is -0.217. The molecule has 2 aliphatic carbocycles. The number of hydrogen-bond acceptors (Lipinski definition) is 4. The SMILES string of the molecule is CC(C(=O)Nc1ccc(Cl)nn1)[C@H]1C[C@H]2CC(c3ccnc4ccc(F)cc34)C[C@H]2C1. The first-order valence-electron chi connectivity index (χ1n) is 10.8. The van der Waals surface area contributed by atoms with Crippen LogP contribution in [-0.2, 0) is 4.79 Å². The van der Waals surface area contributed by atoms with Gasteiger partial charge in [0.25, 0.3) is 0 Å². The summed E-state index contributed by atoms with van der Waals surface area (Å²) in [5.74, 6) is 2.11. The molecule has 1 N–H and O–H groups in total. The summed E-state index contributed by atoms with van der Waals surface area (Å²) in [6.45, 7) is 2.00. The topological polar surface area (TPSA) is 67.8 Å². The zero-order chi connectivity index (χ0) is 21.5. The summed E-state index contributed by atoms with van der Waals surface area (Å²) in [5.41, 5.74) is 2.06. The Morgan fingerprint density at radius 1 is 1.10 bits per heavy atom. The Labute approximate surface area is 185 Å². The van der Waals surface area contributed by atoms with Crippen molar-refractivity contribution in [1.29, 1.82) is 0 Å². The van der Waals surface area contributed by atoms with Gasteiger partial charge in [-0.1, -0.05) is 18.5 Å². The van der Waals surface area contributed by atoms with E-state index < -0.39 is 0 Å². The maximum atomic E-state index is 13.8. The van der Waals surface area contributed by atoms with Crippen LogP contribution in [0, 0.1) is 29.5 Å². The van der Waals surface area contributed by atoms with Crippen molar-refractivity contribution in [2.45, 2.75) is 38.5 Å². The van der Waals surface area contributed by atoms with E-state index in [-0.39, 0.29) is 17.6 Å². The third-order valence-corrected chi connectivity index (χ3v) is 7.43. The highest BCUT2D eigenvalue weighted by atomic mass is 35.5. The van der Waals surface area contributed by atoms with E-state index in [1.54, 1.807) is 24.3 Å². The lowest BCUT2D eigenvalue weighted by molar-refractivity contribution is -0.120. The molecule has 0 spiro atoms. The first-order valence-corrected chi connectivity index (χ1v) is 11.2. The highest BCUT2D eigenvalue weighted by molar-refractivity contribution is 6.29. The largest absolute Gasteiger partial charge is 0.309 e. The molecule has 0 aliphatic heterocycles. The first-order chi connectivity index (χ1) is 15.0. The number of carbonyl (C=O) groups excluding carboxylic acids is 1. The average molecular weight is 439 g/mol. The van der Waals surface area contributed by atoms with Crippen LogP contribution in [-0.4, -0.2) is 21.1 Å². The number of carbonyl (C=O) groups is 1. The first kappa shape index (κ1) is 20.3. The normalized spacial score (nSPS) is 26.0. The predicted molar refractivity (Wildman–Crippen MR) is 118 cm³/mol. The fourth-order valence-corrected chi connectivity index (χ4v) is 5.76. The van der Waals surface area contributed by atoms with Gasteiger partial charge in [0.1, 0.15) is 5.82 Å². The summed E-state index contributed by atoms with van der Waals surface area (Å²) >= 11 is 5.76. The van der Waals surface area contributed by atoms with E-state index in [1.165, 1.54) is 11.6 Å². The molecule has 0 saturated heterocycles. The van der Waals surface area contributed by atoms with Gasteiger partial charge >= 0.3 is 0 Å². The van der Waals surface area contributed by atoms with E-state index >= 15 is 0 Å². The number of amides is 1. The lowest BCUT2D eigenvalue weighted by atomic mass is 9.86. The Morgan fingerprint density at radius 3 is 2.58 bits per heavy atom. The highest BCUT2D eigenvalue weighted by Crippen LogP contribution is 2.54. The maximum absolute atomic E-state index is 13.8. The number of pyridine rings is 1. The van der Waals surface area contributed by atoms with Gasteiger partial charge < -0.3 is 5.32 Å². The molecule has 160 valence electrons. The van der Waals surface area contributed by atoms with Crippen LogP contribution in [0.4, 0.5) is 10.2 Å². The Bertz CT molecular complexity index is 1110. The number of halogens is 2. The highest BCUT2D eigenvalue weighted by Gasteiger charge is 2.44. The van der Waals surface area contributed by atoms with Crippen LogP contribution >= 0.6 is 11.6 Å². The summed E-state index contributed by atoms with van der Waals surface area (Å²) < 4.78 is 13.8. The van der Waals surface area contributed by atoms with Crippen LogP contribution in [0.2, 0.25) is 5.15 Å². The lowest BCUT2D eigenvalue weighted by Gasteiger charge is -2.21. The third kappa shape index (κ3) is 4.01. The molecular weight excluding hydrogens is 415 g/mol. The number of hydrogen-bond donors (Lipinski definition) is 1. The van der Waals surface area contributed by atoms with Crippen molar-refractivity contribution in [2.75, 3.05) is 5.32 Å². The molecule has 3 aromatic rings. The second-order valence-electron chi connectivity index (χ2n) is 9.00. The van der Waals surface area contributed by atoms with Crippen molar-refractivity contribution in [3.63, 3.8) is 0 Å². The molecule has 2 fully saturated rings. The van der Waals surface area contributed by atoms with Gasteiger partial charge in [-0.2, -0.15) is 0 Å². The standard InChI is InChI=1S/C24H24ClFN4O/c1-13(24(31)28-23-5-4-22(25)29-30-23)14-8-15-10-17(11-16(15)9-14)19-6-7-27-21-3-2-18(26)12-20(19)21/h2-7,12-17H,8-11H2,1H3,(H,28,30,31)/t13?,14-,15-,16+,17?. The second kappa shape index (κ2) is 8.15. The Morgan fingerprint density at radius 2 is 1.87 bits per heavy atom. The number of fused-ring (bicyclic) bond motifs is 2. The Hall–Kier alpha value is -2.60. The van der Waals surface area contributed by atoms with Gasteiger partial charge in [-0.15, -0.1) is 10.2 Å². The van der Waals surface area contributed by atoms with Crippen LogP contribution in [0.1, 0.15) is 44.1 Å². The summed E-state index contributed by atoms with van der Waals surface area (Å²) in [7, 11) is 0. The molecule has 1 aromatic carbocycles. The van der Waals surface area contributed by atoms with Crippen molar-refractivity contribution in [3.8, 4) is 0 Å². The fourth-order valence-electron chi connectivity index (χ4n) is 5.66. The zero-order valence-electron chi connectivity index (χ0n) is 17.3. The van der Waals surface area contributed by atoms with Gasteiger partial charge in [0.05, 0.1) is 5.52 Å². The maximum Gasteiger partial charge on any atom is 0.228 e. The smallest absolute Gasteiger partial charge is 0.228 e. The molecule has 1 amide bonds. The van der Waals surface area contributed by atoms with Crippen molar-refractivity contribution < 1.29 is 9.18 Å². The molecule has 5 nitrogen and oxygen atoms in total. The van der Waals surface area contributed by atoms with E-state index in [0.29, 0.717) is 34.6 Å². The van der Waals surface area contributed by atoms with E-state index in [1.807, 2.05) is 19.2 Å². The number of nitrogens with zero attached hydrogens (tertiary/aromatic N) is 3. The Kier molecular flexibility index (Phi) is 5.34. The van der Waals surface area contributed by atoms with Crippen LogP contribution in [0.15, 0.2) is 42.6 Å². The molecule has 31 heavy (non-hydrogen) atoms. The molecule has 2 aliphatic rings. The fraction of sp³-hybridized carbons (Fsp3) is 0.417. The van der Waals surface area contributed by atoms with Gasteiger partial charge in [0, 0.05) is 17.5 Å². The number of benzene rings is 1. The molecule has 2 unspecified atom stereocenters. The number of nitrogens with one attached hydrogen (secondary N) is 1. The molecule has 5 rings (SSSR count). The number of aromatic nitrogens is 3. The van der Waals surface area contributed by atoms with Gasteiger partial charge in [0.15, 0.2) is 11.0 Å². The minimum absolute atomic E-state index is 0.0197. The van der Waals surface area contributed by atoms with Crippen LogP contribution < -0.4 is 5.32 Å². The minimum Gasteiger partial charge on any atom is -0.309 e. The third-order valence-electron chi connectivity index (χ3n) is 7.23. The molecular formula is C24H24ClFN4O. The Balaban J connectivity index is 1.24. The molecule has 5 atom stereocenters. The lowest BCUT2D eigenvalue weighted by Crippen LogP contribution is -2.26. The van der Waals surface area contributed by atoms with Crippen molar-refractivity contribution >= 4 is 34.2 Å². The summed E-state index contributed by atoms with van der Waals surface area (Å²) in [4.78, 5) is 17.1. The van der Waals surface area contributed by atoms with Crippen molar-refractivity contribution in [1.82, 2.24) is 15.2 Å². The van der Waals surface area contributed by atoms with Crippen molar-refractivity contribution in [3.05, 3.63) is 59.1 Å². The predicted octanol–water partition coefficient (Wildman–Crippen LogP) is 5.61. The van der Waals surface area contributed by atoms with Crippen LogP contribution in [0.3, 0.4) is 0 Å². The van der Waals surface area contributed by atoms with E-state index in [4.69, 9.17) is 11.6 Å². The molecule has 2 saturated carbocycles. The van der Waals surface area contributed by atoms with Gasteiger partial charge in [-0.25, -0.2) is 4.39 Å². The second-order valence-corrected chi connectivity index (χ2v) is 9.39. The van der Waals surface area contributed by atoms with E-state index in [2.05, 4.69) is 20.5 Å². The van der Waals surface area contributed by atoms with Crippen LogP contribution in [0.25, 0.3) is 10.9 Å². The molecule has 7 heteroatoms. The molecule has 2 aromatic heterocycles. The molecule has 0 bridgehead atoms. The molecule has 0 radical (unpaired) electrons. The zero-order valence-corrected chi connectivity index (χ0v) is 18.0. The summed E-state index contributed by atoms with van der Waals surface area (Å²) in [6, 6.07) is 10.2. The van der Waals surface area contributed by atoms with E-state index in [9.17, 15) is 9.18 Å². The number of rotatable bonds is 4. The monoisotopic (exact) mass is 438 g/mol.